The maximum absolute atomic E-state index is 11.9. The number of anilines is 1. The Morgan fingerprint density at radius 2 is 2.20 bits per heavy atom. The zero-order valence-electron chi connectivity index (χ0n) is 11.6. The Morgan fingerprint density at radius 3 is 2.65 bits per heavy atom. The number of carbonyl (C=O) groups excluding carboxylic acids is 1. The van der Waals surface area contributed by atoms with Crippen LogP contribution in [0.2, 0.25) is 0 Å². The summed E-state index contributed by atoms with van der Waals surface area (Å²) in [6.07, 6.45) is 5.12. The van der Waals surface area contributed by atoms with Crippen molar-refractivity contribution in [3.05, 3.63) is 11.1 Å². The zero-order chi connectivity index (χ0) is 15.3. The molecule has 0 spiro atoms. The fourth-order valence-electron chi connectivity index (χ4n) is 1.32. The number of hydrogen-bond donors (Lipinski definition) is 2. The van der Waals surface area contributed by atoms with Crippen molar-refractivity contribution < 1.29 is 14.7 Å². The van der Waals surface area contributed by atoms with Gasteiger partial charge in [0.05, 0.1) is 12.2 Å². The summed E-state index contributed by atoms with van der Waals surface area (Å²) < 4.78 is 0. The third-order valence-electron chi connectivity index (χ3n) is 2.38. The number of terminal acetylenes is 1. The van der Waals surface area contributed by atoms with Crippen LogP contribution in [0.1, 0.15) is 26.5 Å². The summed E-state index contributed by atoms with van der Waals surface area (Å²) in [5, 5.41) is 13.6. The van der Waals surface area contributed by atoms with E-state index in [2.05, 4.69) is 16.2 Å². The topological polar surface area (TPSA) is 82.5 Å². The van der Waals surface area contributed by atoms with Crippen LogP contribution in [0.3, 0.4) is 0 Å². The van der Waals surface area contributed by atoms with Gasteiger partial charge in [-0.3, -0.25) is 10.1 Å². The summed E-state index contributed by atoms with van der Waals surface area (Å²) in [6, 6.07) is -0.569. The van der Waals surface area contributed by atoms with Crippen LogP contribution < -0.4 is 5.32 Å². The molecule has 20 heavy (non-hydrogen) atoms. The van der Waals surface area contributed by atoms with Gasteiger partial charge in [-0.2, -0.15) is 0 Å². The first-order valence-electron chi connectivity index (χ1n) is 5.91. The number of carboxylic acid groups (broad SMARTS) is 1. The van der Waals surface area contributed by atoms with Gasteiger partial charge in [-0.25, -0.2) is 9.78 Å². The van der Waals surface area contributed by atoms with E-state index < -0.39 is 18.5 Å². The molecular formula is C13H17N3O3S. The van der Waals surface area contributed by atoms with E-state index in [1.54, 1.807) is 0 Å². The molecule has 1 rings (SSSR count). The summed E-state index contributed by atoms with van der Waals surface area (Å²) in [4.78, 5) is 27.9. The van der Waals surface area contributed by atoms with E-state index in [1.807, 2.05) is 26.2 Å². The minimum atomic E-state index is -1.12. The van der Waals surface area contributed by atoms with Crippen LogP contribution in [0.4, 0.5) is 9.93 Å². The molecule has 1 aromatic rings. The minimum absolute atomic E-state index is 0.0738. The number of aliphatic carboxylic acids is 1. The molecule has 0 atom stereocenters. The summed E-state index contributed by atoms with van der Waals surface area (Å²) >= 11 is 1.29. The molecule has 0 aromatic carbocycles. The quantitative estimate of drug-likeness (QED) is 0.832. The van der Waals surface area contributed by atoms with E-state index in [0.29, 0.717) is 5.13 Å². The van der Waals surface area contributed by atoms with E-state index in [-0.39, 0.29) is 12.0 Å². The first kappa shape index (κ1) is 16.0. The lowest BCUT2D eigenvalue weighted by molar-refractivity contribution is -0.137. The number of amides is 2. The van der Waals surface area contributed by atoms with E-state index in [0.717, 1.165) is 10.6 Å². The van der Waals surface area contributed by atoms with Crippen molar-refractivity contribution in [2.75, 3.05) is 18.4 Å². The molecule has 1 heterocycles. The number of hydrogen-bond acceptors (Lipinski definition) is 4. The van der Waals surface area contributed by atoms with Crippen LogP contribution in [-0.2, 0) is 10.2 Å². The van der Waals surface area contributed by atoms with Gasteiger partial charge >= 0.3 is 12.0 Å². The van der Waals surface area contributed by atoms with E-state index in [9.17, 15) is 9.59 Å². The Bertz CT molecular complexity index is 540. The van der Waals surface area contributed by atoms with Crippen LogP contribution >= 0.6 is 11.3 Å². The number of thiazole rings is 1. The summed E-state index contributed by atoms with van der Waals surface area (Å²) in [6.45, 7) is 5.53. The Labute approximate surface area is 121 Å². The third kappa shape index (κ3) is 4.55. The molecule has 0 unspecified atom stereocenters. The summed E-state index contributed by atoms with van der Waals surface area (Å²) in [5.74, 6) is 1.13. The molecule has 0 saturated heterocycles. The van der Waals surface area contributed by atoms with Gasteiger partial charge in [0.2, 0.25) is 0 Å². The first-order chi connectivity index (χ1) is 9.24. The van der Waals surface area contributed by atoms with Gasteiger partial charge in [0.1, 0.15) is 6.54 Å². The molecule has 2 N–H and O–H groups in total. The molecular weight excluding hydrogens is 278 g/mol. The predicted octanol–water partition coefficient (Wildman–Crippen LogP) is 1.99. The highest BCUT2D eigenvalue weighted by Crippen LogP contribution is 2.26. The van der Waals surface area contributed by atoms with Gasteiger partial charge in [-0.1, -0.05) is 26.7 Å². The Balaban J connectivity index is 2.76. The van der Waals surface area contributed by atoms with Crippen LogP contribution in [0.25, 0.3) is 0 Å². The molecule has 0 aliphatic carbocycles. The summed E-state index contributed by atoms with van der Waals surface area (Å²) in [7, 11) is 0. The Morgan fingerprint density at radius 1 is 1.55 bits per heavy atom. The van der Waals surface area contributed by atoms with Gasteiger partial charge in [0.15, 0.2) is 5.13 Å². The molecule has 0 saturated carbocycles. The average Bonchev–Trinajstić information content (AvgIpc) is 2.76. The zero-order valence-corrected chi connectivity index (χ0v) is 12.5. The SMILES string of the molecule is C#CCN(CC(=O)O)C(=O)Nc1nc(C(C)(C)C)cs1. The second-order valence-corrected chi connectivity index (χ2v) is 6.03. The lowest BCUT2D eigenvalue weighted by Crippen LogP contribution is -2.39. The van der Waals surface area contributed by atoms with Crippen molar-refractivity contribution in [1.82, 2.24) is 9.88 Å². The number of rotatable bonds is 4. The number of carbonyl (C=O) groups is 2. The molecule has 1 aromatic heterocycles. The largest absolute Gasteiger partial charge is 0.480 e. The molecule has 0 aliphatic rings. The Hall–Kier alpha value is -2.07. The maximum Gasteiger partial charge on any atom is 0.324 e. The second kappa shape index (κ2) is 6.39. The van der Waals surface area contributed by atoms with Crippen LogP contribution in [0.5, 0.6) is 0 Å². The van der Waals surface area contributed by atoms with Gasteiger partial charge in [0, 0.05) is 10.8 Å². The highest BCUT2D eigenvalue weighted by Gasteiger charge is 2.20. The number of urea groups is 1. The number of nitrogens with one attached hydrogen (secondary N) is 1. The number of nitrogens with zero attached hydrogens (tertiary/aromatic N) is 2. The van der Waals surface area contributed by atoms with Crippen LogP contribution in [-0.4, -0.2) is 40.1 Å². The fourth-order valence-corrected chi connectivity index (χ4v) is 2.25. The molecule has 108 valence electrons. The van der Waals surface area contributed by atoms with Crippen molar-refractivity contribution in [1.29, 1.82) is 0 Å². The van der Waals surface area contributed by atoms with Gasteiger partial charge in [0.25, 0.3) is 0 Å². The molecule has 0 radical (unpaired) electrons. The van der Waals surface area contributed by atoms with Crippen molar-refractivity contribution in [3.63, 3.8) is 0 Å². The summed E-state index contributed by atoms with van der Waals surface area (Å²) in [5.41, 5.74) is 0.749. The van der Waals surface area contributed by atoms with E-state index in [4.69, 9.17) is 11.5 Å². The number of aromatic nitrogens is 1. The Kier molecular flexibility index (Phi) is 5.11. The van der Waals surface area contributed by atoms with Gasteiger partial charge in [-0.15, -0.1) is 17.8 Å². The van der Waals surface area contributed by atoms with Crippen molar-refractivity contribution in [3.8, 4) is 12.3 Å². The van der Waals surface area contributed by atoms with Crippen molar-refractivity contribution in [2.24, 2.45) is 0 Å². The molecule has 0 fully saturated rings. The first-order valence-corrected chi connectivity index (χ1v) is 6.79. The lowest BCUT2D eigenvalue weighted by atomic mass is 9.93. The second-order valence-electron chi connectivity index (χ2n) is 5.17. The van der Waals surface area contributed by atoms with E-state index in [1.165, 1.54) is 11.3 Å². The molecule has 2 amide bonds. The lowest BCUT2D eigenvalue weighted by Gasteiger charge is -2.17. The van der Waals surface area contributed by atoms with Crippen LogP contribution in [0, 0.1) is 12.3 Å². The highest BCUT2D eigenvalue weighted by molar-refractivity contribution is 7.13. The highest BCUT2D eigenvalue weighted by atomic mass is 32.1. The minimum Gasteiger partial charge on any atom is -0.480 e. The molecule has 0 bridgehead atoms. The fraction of sp³-hybridized carbons (Fsp3) is 0.462. The molecule has 6 nitrogen and oxygen atoms in total. The van der Waals surface area contributed by atoms with E-state index >= 15 is 0 Å². The van der Waals surface area contributed by atoms with Crippen LogP contribution in [0.15, 0.2) is 5.38 Å². The van der Waals surface area contributed by atoms with Gasteiger partial charge in [-0.05, 0) is 0 Å². The van der Waals surface area contributed by atoms with Crippen molar-refractivity contribution in [2.45, 2.75) is 26.2 Å². The third-order valence-corrected chi connectivity index (χ3v) is 3.14. The molecule has 0 aliphatic heterocycles. The van der Waals surface area contributed by atoms with Crippen molar-refractivity contribution >= 4 is 28.5 Å². The molecule has 7 heteroatoms. The normalized spacial score (nSPS) is 10.7. The smallest absolute Gasteiger partial charge is 0.324 e. The van der Waals surface area contributed by atoms with Gasteiger partial charge < -0.3 is 10.0 Å². The standard InChI is InChI=1S/C13H17N3O3S/c1-5-6-16(7-10(17)18)12(19)15-11-14-9(8-20-11)13(2,3)4/h1,8H,6-7H2,2-4H3,(H,17,18)(H,14,15,19). The predicted molar refractivity (Wildman–Crippen MR) is 77.9 cm³/mol. The number of carboxylic acids is 1. The monoisotopic (exact) mass is 295 g/mol. The maximum atomic E-state index is 11.9. The average molecular weight is 295 g/mol.